The minimum absolute atomic E-state index is 0.106. The number of hydrogen-bond acceptors (Lipinski definition) is 9. The maximum absolute atomic E-state index is 11.9. The number of hydrogen-bond donors (Lipinski definition) is 1. The molecule has 10 heteroatoms. The van der Waals surface area contributed by atoms with Gasteiger partial charge < -0.3 is 28.7 Å². The van der Waals surface area contributed by atoms with Gasteiger partial charge in [-0.05, 0) is 13.0 Å². The molecular formula is C18H23NO9. The first-order valence-electron chi connectivity index (χ1n) is 8.55. The standard InChI is InChI=1S/C18H23NO9/c1-8-12(18(23)24-5)6-13(19-8)15-17(28-11(4)22)16(27-10(3)21)14(7-25-15)26-9(2)20/h6,14-17,19H,7H2,1-5H3/t14-,15-,16-,17+/m1/s1. The van der Waals surface area contributed by atoms with Gasteiger partial charge in [-0.2, -0.15) is 0 Å². The molecule has 1 aromatic heterocycles. The molecule has 154 valence electrons. The topological polar surface area (TPSA) is 130 Å². The van der Waals surface area contributed by atoms with E-state index in [-0.39, 0.29) is 12.2 Å². The molecule has 0 spiro atoms. The van der Waals surface area contributed by atoms with Crippen LogP contribution >= 0.6 is 0 Å². The zero-order valence-corrected chi connectivity index (χ0v) is 16.3. The number of methoxy groups -OCH3 is 1. The lowest BCUT2D eigenvalue weighted by Gasteiger charge is -2.40. The third-order valence-corrected chi connectivity index (χ3v) is 4.10. The van der Waals surface area contributed by atoms with Gasteiger partial charge in [-0.1, -0.05) is 0 Å². The van der Waals surface area contributed by atoms with Crippen molar-refractivity contribution in [2.75, 3.05) is 13.7 Å². The van der Waals surface area contributed by atoms with Crippen LogP contribution in [0.5, 0.6) is 0 Å². The first-order chi connectivity index (χ1) is 13.1. The highest BCUT2D eigenvalue weighted by Gasteiger charge is 2.48. The summed E-state index contributed by atoms with van der Waals surface area (Å²) >= 11 is 0. The molecule has 1 fully saturated rings. The summed E-state index contributed by atoms with van der Waals surface area (Å²) in [4.78, 5) is 49.5. The van der Waals surface area contributed by atoms with Gasteiger partial charge in [0.05, 0.1) is 19.3 Å². The molecular weight excluding hydrogens is 374 g/mol. The number of carbonyl (C=O) groups is 4. The number of rotatable bonds is 5. The van der Waals surface area contributed by atoms with Crippen LogP contribution in [0.4, 0.5) is 0 Å². The van der Waals surface area contributed by atoms with Gasteiger partial charge >= 0.3 is 23.9 Å². The fourth-order valence-electron chi connectivity index (χ4n) is 3.07. The molecule has 0 saturated carbocycles. The van der Waals surface area contributed by atoms with E-state index in [0.29, 0.717) is 11.4 Å². The largest absolute Gasteiger partial charge is 0.465 e. The Morgan fingerprint density at radius 2 is 1.57 bits per heavy atom. The van der Waals surface area contributed by atoms with E-state index in [2.05, 4.69) is 4.98 Å². The Morgan fingerprint density at radius 3 is 2.11 bits per heavy atom. The summed E-state index contributed by atoms with van der Waals surface area (Å²) in [5.74, 6) is -2.43. The minimum Gasteiger partial charge on any atom is -0.465 e. The molecule has 0 radical (unpaired) electrons. The Hall–Kier alpha value is -2.88. The van der Waals surface area contributed by atoms with Crippen LogP contribution in [0.2, 0.25) is 0 Å². The van der Waals surface area contributed by atoms with Crippen molar-refractivity contribution in [1.82, 2.24) is 4.98 Å². The molecule has 1 aliphatic rings. The highest BCUT2D eigenvalue weighted by Crippen LogP contribution is 2.34. The number of nitrogens with one attached hydrogen (secondary N) is 1. The van der Waals surface area contributed by atoms with Gasteiger partial charge in [0, 0.05) is 32.2 Å². The van der Waals surface area contributed by atoms with Gasteiger partial charge in [0.2, 0.25) is 0 Å². The second-order valence-electron chi connectivity index (χ2n) is 6.30. The molecule has 2 heterocycles. The number of ether oxygens (including phenoxy) is 5. The van der Waals surface area contributed by atoms with E-state index in [1.807, 2.05) is 0 Å². The molecule has 0 amide bonds. The predicted octanol–water partition coefficient (Wildman–Crippen LogP) is 0.976. The third-order valence-electron chi connectivity index (χ3n) is 4.10. The molecule has 4 atom stereocenters. The lowest BCUT2D eigenvalue weighted by atomic mass is 9.97. The minimum atomic E-state index is -1.11. The number of esters is 4. The summed E-state index contributed by atoms with van der Waals surface area (Å²) in [5, 5.41) is 0. The van der Waals surface area contributed by atoms with Crippen molar-refractivity contribution in [1.29, 1.82) is 0 Å². The Bertz CT molecular complexity index is 769. The Balaban J connectivity index is 2.42. The van der Waals surface area contributed by atoms with Gasteiger partial charge in [0.1, 0.15) is 6.10 Å². The molecule has 0 bridgehead atoms. The highest BCUT2D eigenvalue weighted by atomic mass is 16.6. The van der Waals surface area contributed by atoms with Crippen molar-refractivity contribution in [3.8, 4) is 0 Å². The number of aromatic amines is 1. The molecule has 0 aliphatic carbocycles. The number of H-pyrrole nitrogens is 1. The van der Waals surface area contributed by atoms with Crippen LogP contribution in [-0.2, 0) is 38.1 Å². The van der Waals surface area contributed by atoms with E-state index in [9.17, 15) is 19.2 Å². The lowest BCUT2D eigenvalue weighted by Crippen LogP contribution is -2.54. The first kappa shape index (κ1) is 21.4. The number of aryl methyl sites for hydroxylation is 1. The van der Waals surface area contributed by atoms with Crippen molar-refractivity contribution in [2.24, 2.45) is 0 Å². The molecule has 1 aromatic rings. The molecule has 0 unspecified atom stereocenters. The van der Waals surface area contributed by atoms with Gasteiger partial charge in [0.15, 0.2) is 18.3 Å². The monoisotopic (exact) mass is 397 g/mol. The van der Waals surface area contributed by atoms with Crippen LogP contribution < -0.4 is 0 Å². The molecule has 28 heavy (non-hydrogen) atoms. The van der Waals surface area contributed by atoms with E-state index in [4.69, 9.17) is 23.7 Å². The molecule has 10 nitrogen and oxygen atoms in total. The summed E-state index contributed by atoms with van der Waals surface area (Å²) < 4.78 is 26.3. The van der Waals surface area contributed by atoms with Gasteiger partial charge in [-0.15, -0.1) is 0 Å². The Labute approximate surface area is 161 Å². The molecule has 1 N–H and O–H groups in total. The molecule has 0 aromatic carbocycles. The maximum Gasteiger partial charge on any atom is 0.339 e. The first-order valence-corrected chi connectivity index (χ1v) is 8.55. The van der Waals surface area contributed by atoms with E-state index in [0.717, 1.165) is 0 Å². The highest BCUT2D eigenvalue weighted by molar-refractivity contribution is 5.90. The average molecular weight is 397 g/mol. The van der Waals surface area contributed by atoms with Crippen molar-refractivity contribution in [2.45, 2.75) is 52.1 Å². The Kier molecular flexibility index (Phi) is 6.79. The van der Waals surface area contributed by atoms with Crippen molar-refractivity contribution in [3.63, 3.8) is 0 Å². The predicted molar refractivity (Wildman–Crippen MR) is 92.2 cm³/mol. The second kappa shape index (κ2) is 8.87. The summed E-state index contributed by atoms with van der Waals surface area (Å²) in [6.45, 7) is 5.15. The summed E-state index contributed by atoms with van der Waals surface area (Å²) in [7, 11) is 1.26. The molecule has 1 aliphatic heterocycles. The summed E-state index contributed by atoms with van der Waals surface area (Å²) in [5.41, 5.74) is 1.23. The van der Waals surface area contributed by atoms with E-state index < -0.39 is 48.3 Å². The summed E-state index contributed by atoms with van der Waals surface area (Å²) in [6, 6.07) is 1.51. The van der Waals surface area contributed by atoms with Gasteiger partial charge in [0.25, 0.3) is 0 Å². The van der Waals surface area contributed by atoms with Crippen LogP contribution in [0.25, 0.3) is 0 Å². The Morgan fingerprint density at radius 1 is 1.00 bits per heavy atom. The fourth-order valence-corrected chi connectivity index (χ4v) is 3.07. The van der Waals surface area contributed by atoms with Crippen LogP contribution in [-0.4, -0.2) is 60.9 Å². The molecule has 2 rings (SSSR count). The smallest absolute Gasteiger partial charge is 0.339 e. The van der Waals surface area contributed by atoms with E-state index in [1.165, 1.54) is 33.9 Å². The molecule has 1 saturated heterocycles. The van der Waals surface area contributed by atoms with Crippen molar-refractivity contribution >= 4 is 23.9 Å². The van der Waals surface area contributed by atoms with Gasteiger partial charge in [-0.25, -0.2) is 4.79 Å². The second-order valence-corrected chi connectivity index (χ2v) is 6.30. The lowest BCUT2D eigenvalue weighted by molar-refractivity contribution is -0.227. The van der Waals surface area contributed by atoms with Crippen molar-refractivity contribution < 1.29 is 42.9 Å². The van der Waals surface area contributed by atoms with Crippen LogP contribution in [0.1, 0.15) is 48.6 Å². The third kappa shape index (κ3) is 4.89. The normalized spacial score (nSPS) is 24.2. The number of aromatic nitrogens is 1. The van der Waals surface area contributed by atoms with E-state index in [1.54, 1.807) is 6.92 Å². The summed E-state index contributed by atoms with van der Waals surface area (Å²) in [6.07, 6.45) is -4.05. The van der Waals surface area contributed by atoms with Crippen LogP contribution in [0, 0.1) is 6.92 Å². The van der Waals surface area contributed by atoms with Crippen LogP contribution in [0.3, 0.4) is 0 Å². The van der Waals surface area contributed by atoms with Crippen molar-refractivity contribution in [3.05, 3.63) is 23.0 Å². The SMILES string of the molecule is COC(=O)c1cc([C@H]2OC[C@@H](OC(C)=O)[C@@H](OC(C)=O)[C@H]2OC(C)=O)[nH]c1C. The van der Waals surface area contributed by atoms with E-state index >= 15 is 0 Å². The van der Waals surface area contributed by atoms with Gasteiger partial charge in [-0.3, -0.25) is 14.4 Å². The fraction of sp³-hybridized carbons (Fsp3) is 0.556. The quantitative estimate of drug-likeness (QED) is 0.570. The maximum atomic E-state index is 11.9. The zero-order chi connectivity index (χ0) is 21.0. The average Bonchev–Trinajstić information content (AvgIpc) is 2.97. The zero-order valence-electron chi connectivity index (χ0n) is 16.3. The van der Waals surface area contributed by atoms with Crippen LogP contribution in [0.15, 0.2) is 6.07 Å². The number of carbonyl (C=O) groups excluding carboxylic acids is 4.